The van der Waals surface area contributed by atoms with Gasteiger partial charge in [-0.15, -0.1) is 0 Å². The highest BCUT2D eigenvalue weighted by Gasteiger charge is 2.13. The summed E-state index contributed by atoms with van der Waals surface area (Å²) in [6.07, 6.45) is 0. The molecule has 0 fully saturated rings. The summed E-state index contributed by atoms with van der Waals surface area (Å²) in [6, 6.07) is 3.27. The first-order valence-electron chi connectivity index (χ1n) is 4.48. The molecule has 82 valence electrons. The zero-order chi connectivity index (χ0) is 11.4. The van der Waals surface area contributed by atoms with Crippen LogP contribution in [0.25, 0.3) is 0 Å². The van der Waals surface area contributed by atoms with E-state index in [1.165, 1.54) is 12.1 Å². The topological polar surface area (TPSA) is 89.8 Å². The Morgan fingerprint density at radius 1 is 1.47 bits per heavy atom. The SMILES string of the molecule is C[C@H](CO)NC(=O)c1cc(O)ccc1O. The third kappa shape index (κ3) is 2.85. The molecular formula is C10H13NO4. The minimum absolute atomic E-state index is 0.0182. The van der Waals surface area contributed by atoms with E-state index < -0.39 is 11.9 Å². The minimum Gasteiger partial charge on any atom is -0.508 e. The molecule has 0 aliphatic rings. The van der Waals surface area contributed by atoms with Gasteiger partial charge in [-0.25, -0.2) is 0 Å². The third-order valence-electron chi connectivity index (χ3n) is 1.88. The van der Waals surface area contributed by atoms with Gasteiger partial charge in [0.05, 0.1) is 12.2 Å². The van der Waals surface area contributed by atoms with E-state index in [4.69, 9.17) is 10.2 Å². The van der Waals surface area contributed by atoms with Crippen LogP contribution in [0.3, 0.4) is 0 Å². The lowest BCUT2D eigenvalue weighted by Crippen LogP contribution is -2.34. The van der Waals surface area contributed by atoms with Crippen LogP contribution in [0.2, 0.25) is 0 Å². The molecule has 1 aromatic carbocycles. The van der Waals surface area contributed by atoms with Gasteiger partial charge in [-0.1, -0.05) is 0 Å². The molecule has 0 radical (unpaired) electrons. The summed E-state index contributed by atoms with van der Waals surface area (Å²) in [5.41, 5.74) is -0.0182. The fourth-order valence-corrected chi connectivity index (χ4v) is 1.05. The molecule has 0 unspecified atom stereocenters. The van der Waals surface area contributed by atoms with Crippen molar-refractivity contribution in [3.8, 4) is 11.5 Å². The Bertz CT molecular complexity index is 364. The summed E-state index contributed by atoms with van der Waals surface area (Å²) < 4.78 is 0. The fourth-order valence-electron chi connectivity index (χ4n) is 1.05. The van der Waals surface area contributed by atoms with Crippen LogP contribution in [0.15, 0.2) is 18.2 Å². The highest BCUT2D eigenvalue weighted by Crippen LogP contribution is 2.21. The number of hydrogen-bond donors (Lipinski definition) is 4. The van der Waals surface area contributed by atoms with Crippen LogP contribution in [-0.4, -0.2) is 33.9 Å². The molecule has 1 aromatic rings. The zero-order valence-electron chi connectivity index (χ0n) is 8.27. The van der Waals surface area contributed by atoms with E-state index in [1.54, 1.807) is 6.92 Å². The molecule has 5 heteroatoms. The van der Waals surface area contributed by atoms with E-state index in [2.05, 4.69) is 5.32 Å². The first-order valence-corrected chi connectivity index (χ1v) is 4.48. The molecule has 0 heterocycles. The number of phenols is 2. The van der Waals surface area contributed by atoms with Crippen LogP contribution in [0, 0.1) is 0 Å². The molecule has 1 atom stereocenters. The Balaban J connectivity index is 2.86. The summed E-state index contributed by atoms with van der Waals surface area (Å²) in [5, 5.41) is 29.7. The molecule has 0 aliphatic carbocycles. The second-order valence-corrected chi connectivity index (χ2v) is 3.26. The summed E-state index contributed by atoms with van der Waals surface area (Å²) >= 11 is 0. The van der Waals surface area contributed by atoms with Crippen molar-refractivity contribution in [2.45, 2.75) is 13.0 Å². The molecule has 1 rings (SSSR count). The predicted molar refractivity (Wildman–Crippen MR) is 53.8 cm³/mol. The van der Waals surface area contributed by atoms with Crippen LogP contribution in [0.1, 0.15) is 17.3 Å². The number of carbonyl (C=O) groups is 1. The van der Waals surface area contributed by atoms with Crippen molar-refractivity contribution < 1.29 is 20.1 Å². The molecule has 0 aromatic heterocycles. The second-order valence-electron chi connectivity index (χ2n) is 3.26. The van der Waals surface area contributed by atoms with Crippen molar-refractivity contribution in [3.05, 3.63) is 23.8 Å². The minimum atomic E-state index is -0.537. The predicted octanol–water partition coefficient (Wildman–Crippen LogP) is 0.208. The van der Waals surface area contributed by atoms with Gasteiger partial charge in [-0.2, -0.15) is 0 Å². The molecule has 5 nitrogen and oxygen atoms in total. The molecule has 0 saturated heterocycles. The van der Waals surface area contributed by atoms with E-state index in [9.17, 15) is 9.90 Å². The first kappa shape index (κ1) is 11.3. The summed E-state index contributed by atoms with van der Waals surface area (Å²) in [6.45, 7) is 1.43. The van der Waals surface area contributed by atoms with Gasteiger partial charge in [0.2, 0.25) is 0 Å². The number of rotatable bonds is 3. The lowest BCUT2D eigenvalue weighted by Gasteiger charge is -2.11. The largest absolute Gasteiger partial charge is 0.508 e. The van der Waals surface area contributed by atoms with Crippen LogP contribution in [0.4, 0.5) is 0 Å². The average Bonchev–Trinajstić information content (AvgIpc) is 2.21. The maximum Gasteiger partial charge on any atom is 0.255 e. The Hall–Kier alpha value is -1.75. The monoisotopic (exact) mass is 211 g/mol. The van der Waals surface area contributed by atoms with E-state index in [1.807, 2.05) is 0 Å². The normalized spacial score (nSPS) is 12.1. The van der Waals surface area contributed by atoms with Gasteiger partial charge in [0.15, 0.2) is 0 Å². The van der Waals surface area contributed by atoms with E-state index in [0.29, 0.717) is 0 Å². The Kier molecular flexibility index (Phi) is 3.51. The molecular weight excluding hydrogens is 198 g/mol. The van der Waals surface area contributed by atoms with Crippen molar-refractivity contribution >= 4 is 5.91 Å². The molecule has 1 amide bonds. The second kappa shape index (κ2) is 4.65. The van der Waals surface area contributed by atoms with Gasteiger partial charge >= 0.3 is 0 Å². The van der Waals surface area contributed by atoms with Crippen molar-refractivity contribution in [1.82, 2.24) is 5.32 Å². The van der Waals surface area contributed by atoms with E-state index in [-0.39, 0.29) is 23.7 Å². The molecule has 0 saturated carbocycles. The van der Waals surface area contributed by atoms with Crippen molar-refractivity contribution in [3.63, 3.8) is 0 Å². The number of carbonyl (C=O) groups excluding carboxylic acids is 1. The van der Waals surface area contributed by atoms with E-state index >= 15 is 0 Å². The van der Waals surface area contributed by atoms with Crippen molar-refractivity contribution in [1.29, 1.82) is 0 Å². The summed E-state index contributed by atoms with van der Waals surface area (Å²) in [4.78, 5) is 11.5. The fraction of sp³-hybridized carbons (Fsp3) is 0.300. The zero-order valence-corrected chi connectivity index (χ0v) is 8.27. The van der Waals surface area contributed by atoms with Gasteiger partial charge in [0.25, 0.3) is 5.91 Å². The number of aliphatic hydroxyl groups excluding tert-OH is 1. The van der Waals surface area contributed by atoms with Gasteiger partial charge in [0.1, 0.15) is 11.5 Å². The number of nitrogens with one attached hydrogen (secondary N) is 1. The van der Waals surface area contributed by atoms with Gasteiger partial charge in [0, 0.05) is 6.04 Å². The van der Waals surface area contributed by atoms with E-state index in [0.717, 1.165) is 6.07 Å². The number of benzene rings is 1. The maximum absolute atomic E-state index is 11.5. The average molecular weight is 211 g/mol. The standard InChI is InChI=1S/C10H13NO4/c1-6(5-12)11-10(15)8-4-7(13)2-3-9(8)14/h2-4,6,12-14H,5H2,1H3,(H,11,15)/t6-/m1/s1. The van der Waals surface area contributed by atoms with Gasteiger partial charge < -0.3 is 20.6 Å². The quantitative estimate of drug-likeness (QED) is 0.538. The van der Waals surface area contributed by atoms with Crippen molar-refractivity contribution in [2.24, 2.45) is 0 Å². The van der Waals surface area contributed by atoms with Gasteiger partial charge in [-0.3, -0.25) is 4.79 Å². The lowest BCUT2D eigenvalue weighted by atomic mass is 10.1. The lowest BCUT2D eigenvalue weighted by molar-refractivity contribution is 0.0919. The molecule has 15 heavy (non-hydrogen) atoms. The van der Waals surface area contributed by atoms with Crippen LogP contribution in [-0.2, 0) is 0 Å². The number of amides is 1. The van der Waals surface area contributed by atoms with Crippen LogP contribution in [0.5, 0.6) is 11.5 Å². The number of hydrogen-bond acceptors (Lipinski definition) is 4. The Labute approximate surface area is 87.0 Å². The maximum atomic E-state index is 11.5. The molecule has 0 aliphatic heterocycles. The van der Waals surface area contributed by atoms with Crippen LogP contribution < -0.4 is 5.32 Å². The smallest absolute Gasteiger partial charge is 0.255 e. The summed E-state index contributed by atoms with van der Waals surface area (Å²) in [5.74, 6) is -0.852. The molecule has 0 spiro atoms. The highest BCUT2D eigenvalue weighted by molar-refractivity contribution is 5.97. The van der Waals surface area contributed by atoms with Gasteiger partial charge in [-0.05, 0) is 25.1 Å². The Morgan fingerprint density at radius 2 is 2.13 bits per heavy atom. The summed E-state index contributed by atoms with van der Waals surface area (Å²) in [7, 11) is 0. The Morgan fingerprint density at radius 3 is 2.73 bits per heavy atom. The molecule has 0 bridgehead atoms. The third-order valence-corrected chi connectivity index (χ3v) is 1.88. The van der Waals surface area contributed by atoms with Crippen LogP contribution >= 0.6 is 0 Å². The number of aromatic hydroxyl groups is 2. The number of aliphatic hydroxyl groups is 1. The highest BCUT2D eigenvalue weighted by atomic mass is 16.3. The van der Waals surface area contributed by atoms with Crippen molar-refractivity contribution in [2.75, 3.05) is 6.61 Å². The molecule has 4 N–H and O–H groups in total. The first-order chi connectivity index (χ1) is 7.04. The number of phenolic OH excluding ortho intramolecular Hbond substituents is 2.